The molecule has 2 N–H and O–H groups in total. The van der Waals surface area contributed by atoms with Crippen LogP contribution >= 0.6 is 0 Å². The summed E-state index contributed by atoms with van der Waals surface area (Å²) in [5.41, 5.74) is 2.65. The van der Waals surface area contributed by atoms with Gasteiger partial charge in [-0.2, -0.15) is 0 Å². The predicted molar refractivity (Wildman–Crippen MR) is 131 cm³/mol. The van der Waals surface area contributed by atoms with E-state index >= 15 is 0 Å². The second-order valence-electron chi connectivity index (χ2n) is 8.25. The summed E-state index contributed by atoms with van der Waals surface area (Å²) in [7, 11) is 3.66. The van der Waals surface area contributed by atoms with Crippen LogP contribution in [0.15, 0.2) is 61.3 Å². The summed E-state index contributed by atoms with van der Waals surface area (Å²) in [4.78, 5) is 31.6. The molecule has 0 atom stereocenters. The van der Waals surface area contributed by atoms with Crippen molar-refractivity contribution < 1.29 is 14.3 Å². The molecule has 33 heavy (non-hydrogen) atoms. The summed E-state index contributed by atoms with van der Waals surface area (Å²) in [5, 5.41) is 7.74. The number of piperidine rings is 1. The molecule has 3 aromatic rings. The number of pyridine rings is 1. The van der Waals surface area contributed by atoms with Crippen molar-refractivity contribution in [2.45, 2.75) is 18.9 Å². The zero-order valence-electron chi connectivity index (χ0n) is 18.9. The molecule has 1 aromatic heterocycles. The Balaban J connectivity index is 1.64. The Labute approximate surface area is 193 Å². The van der Waals surface area contributed by atoms with E-state index in [4.69, 9.17) is 4.74 Å². The zero-order chi connectivity index (χ0) is 23.4. The van der Waals surface area contributed by atoms with E-state index in [1.807, 2.05) is 30.3 Å². The fraction of sp³-hybridized carbons (Fsp3) is 0.269. The SMILES string of the molecule is C=CC(=O)Nc1c(OC)ccc2ccc(-c3cc(C(=O)NC4CCN(C)CC4)ccn3)cc12. The van der Waals surface area contributed by atoms with E-state index in [1.54, 1.807) is 25.4 Å². The lowest BCUT2D eigenvalue weighted by Crippen LogP contribution is -2.43. The van der Waals surface area contributed by atoms with Gasteiger partial charge in [-0.3, -0.25) is 14.6 Å². The van der Waals surface area contributed by atoms with Gasteiger partial charge in [0.05, 0.1) is 18.5 Å². The lowest BCUT2D eigenvalue weighted by molar-refractivity contribution is -0.111. The Hall–Kier alpha value is -3.71. The average Bonchev–Trinajstić information content (AvgIpc) is 2.85. The van der Waals surface area contributed by atoms with E-state index in [9.17, 15) is 9.59 Å². The molecule has 0 bridgehead atoms. The van der Waals surface area contributed by atoms with Gasteiger partial charge in [-0.05, 0) is 68.7 Å². The lowest BCUT2D eigenvalue weighted by Gasteiger charge is -2.29. The number of ether oxygens (including phenoxy) is 1. The van der Waals surface area contributed by atoms with Gasteiger partial charge >= 0.3 is 0 Å². The third-order valence-corrected chi connectivity index (χ3v) is 6.01. The molecule has 0 aliphatic carbocycles. The number of carbonyl (C=O) groups excluding carboxylic acids is 2. The molecule has 170 valence electrons. The second kappa shape index (κ2) is 9.83. The summed E-state index contributed by atoms with van der Waals surface area (Å²) in [6.07, 6.45) is 4.77. The van der Waals surface area contributed by atoms with Crippen molar-refractivity contribution in [3.63, 3.8) is 0 Å². The van der Waals surface area contributed by atoms with E-state index in [1.165, 1.54) is 6.08 Å². The number of nitrogens with one attached hydrogen (secondary N) is 2. The molecular formula is C26H28N4O3. The fourth-order valence-corrected chi connectivity index (χ4v) is 4.08. The summed E-state index contributed by atoms with van der Waals surface area (Å²) in [6, 6.07) is 13.3. The van der Waals surface area contributed by atoms with Crippen LogP contribution in [0.25, 0.3) is 22.0 Å². The first-order chi connectivity index (χ1) is 16.0. The molecule has 7 nitrogen and oxygen atoms in total. The minimum absolute atomic E-state index is 0.0883. The van der Waals surface area contributed by atoms with Gasteiger partial charge in [0, 0.05) is 28.8 Å². The number of aromatic nitrogens is 1. The number of rotatable bonds is 6. The Bertz CT molecular complexity index is 1200. The maximum Gasteiger partial charge on any atom is 0.251 e. The highest BCUT2D eigenvalue weighted by Gasteiger charge is 2.19. The Morgan fingerprint density at radius 3 is 2.64 bits per heavy atom. The summed E-state index contributed by atoms with van der Waals surface area (Å²) < 4.78 is 5.45. The minimum Gasteiger partial charge on any atom is -0.495 e. The summed E-state index contributed by atoms with van der Waals surface area (Å²) in [6.45, 7) is 5.49. The van der Waals surface area contributed by atoms with Gasteiger partial charge in [0.2, 0.25) is 5.91 Å². The van der Waals surface area contributed by atoms with Crippen LogP contribution in [0.4, 0.5) is 5.69 Å². The van der Waals surface area contributed by atoms with Gasteiger partial charge < -0.3 is 20.3 Å². The van der Waals surface area contributed by atoms with Gasteiger partial charge in [-0.15, -0.1) is 0 Å². The molecule has 1 fully saturated rings. The highest BCUT2D eigenvalue weighted by atomic mass is 16.5. The monoisotopic (exact) mass is 444 g/mol. The molecular weight excluding hydrogens is 416 g/mol. The van der Waals surface area contributed by atoms with E-state index in [-0.39, 0.29) is 17.9 Å². The van der Waals surface area contributed by atoms with Crippen LogP contribution in [-0.4, -0.2) is 55.0 Å². The van der Waals surface area contributed by atoms with Gasteiger partial charge in [0.25, 0.3) is 5.91 Å². The average molecular weight is 445 g/mol. The van der Waals surface area contributed by atoms with Crippen molar-refractivity contribution >= 4 is 28.3 Å². The third kappa shape index (κ3) is 5.04. The molecule has 7 heteroatoms. The summed E-state index contributed by atoms with van der Waals surface area (Å²) in [5.74, 6) is 0.139. The predicted octanol–water partition coefficient (Wildman–Crippen LogP) is 3.86. The Morgan fingerprint density at radius 2 is 1.91 bits per heavy atom. The Morgan fingerprint density at radius 1 is 1.15 bits per heavy atom. The number of hydrogen-bond acceptors (Lipinski definition) is 5. The van der Waals surface area contributed by atoms with Gasteiger partial charge in [0.1, 0.15) is 5.75 Å². The maximum absolute atomic E-state index is 12.9. The number of hydrogen-bond donors (Lipinski definition) is 2. The quantitative estimate of drug-likeness (QED) is 0.564. The molecule has 0 spiro atoms. The van der Waals surface area contributed by atoms with Crippen molar-refractivity contribution in [2.24, 2.45) is 0 Å². The molecule has 0 unspecified atom stereocenters. The van der Waals surface area contributed by atoms with Gasteiger partial charge in [-0.25, -0.2) is 0 Å². The summed E-state index contributed by atoms with van der Waals surface area (Å²) >= 11 is 0. The number of benzene rings is 2. The molecule has 2 amide bonds. The standard InChI is InChI=1S/C26H28N4O3/c1-4-24(31)29-25-21-15-18(6-5-17(21)7-8-23(25)33-3)22-16-19(9-12-27-22)26(32)28-20-10-13-30(2)14-11-20/h4-9,12,15-16,20H,1,10-11,13-14H2,2-3H3,(H,28,32)(H,29,31). The minimum atomic E-state index is -0.322. The number of carbonyl (C=O) groups is 2. The first kappa shape index (κ1) is 22.5. The molecule has 1 aliphatic rings. The van der Waals surface area contributed by atoms with Crippen molar-refractivity contribution in [3.8, 4) is 17.0 Å². The molecule has 2 heterocycles. The first-order valence-electron chi connectivity index (χ1n) is 11.0. The molecule has 4 rings (SSSR count). The number of amides is 2. The number of anilines is 1. The molecule has 0 radical (unpaired) electrons. The van der Waals surface area contributed by atoms with Crippen LogP contribution in [0.5, 0.6) is 5.75 Å². The highest BCUT2D eigenvalue weighted by molar-refractivity contribution is 6.08. The van der Waals surface area contributed by atoms with Crippen LogP contribution in [0.2, 0.25) is 0 Å². The smallest absolute Gasteiger partial charge is 0.251 e. The van der Waals surface area contributed by atoms with Crippen molar-refractivity contribution in [1.82, 2.24) is 15.2 Å². The van der Waals surface area contributed by atoms with Gasteiger partial charge in [-0.1, -0.05) is 24.8 Å². The number of methoxy groups -OCH3 is 1. The first-order valence-corrected chi connectivity index (χ1v) is 11.0. The largest absolute Gasteiger partial charge is 0.495 e. The van der Waals surface area contributed by atoms with Crippen LogP contribution in [-0.2, 0) is 4.79 Å². The van der Waals surface area contributed by atoms with Crippen LogP contribution < -0.4 is 15.4 Å². The molecule has 1 saturated heterocycles. The van der Waals surface area contributed by atoms with Crippen LogP contribution in [0, 0.1) is 0 Å². The number of likely N-dealkylation sites (tertiary alicyclic amines) is 1. The van der Waals surface area contributed by atoms with Gasteiger partial charge in [0.15, 0.2) is 0 Å². The third-order valence-electron chi connectivity index (χ3n) is 6.01. The van der Waals surface area contributed by atoms with E-state index in [0.29, 0.717) is 22.7 Å². The fourth-order valence-electron chi connectivity index (χ4n) is 4.08. The topological polar surface area (TPSA) is 83.6 Å². The van der Waals surface area contributed by atoms with Crippen molar-refractivity contribution in [1.29, 1.82) is 0 Å². The lowest BCUT2D eigenvalue weighted by atomic mass is 10.0. The highest BCUT2D eigenvalue weighted by Crippen LogP contribution is 2.35. The normalized spacial score (nSPS) is 14.6. The zero-order valence-corrected chi connectivity index (χ0v) is 18.9. The number of nitrogens with zero attached hydrogens (tertiary/aromatic N) is 2. The number of fused-ring (bicyclic) bond motifs is 1. The second-order valence-corrected chi connectivity index (χ2v) is 8.25. The Kier molecular flexibility index (Phi) is 6.70. The van der Waals surface area contributed by atoms with Crippen molar-refractivity contribution in [2.75, 3.05) is 32.6 Å². The molecule has 1 aliphatic heterocycles. The van der Waals surface area contributed by atoms with E-state index in [2.05, 4.69) is 34.1 Å². The van der Waals surface area contributed by atoms with Crippen LogP contribution in [0.1, 0.15) is 23.2 Å². The molecule has 2 aromatic carbocycles. The maximum atomic E-state index is 12.9. The van der Waals surface area contributed by atoms with Crippen molar-refractivity contribution in [3.05, 3.63) is 66.9 Å². The van der Waals surface area contributed by atoms with Crippen LogP contribution in [0.3, 0.4) is 0 Å². The molecule has 0 saturated carbocycles. The van der Waals surface area contributed by atoms with E-state index < -0.39 is 0 Å². The van der Waals surface area contributed by atoms with E-state index in [0.717, 1.165) is 42.3 Å².